The monoisotopic (exact) mass is 323 g/mol. The zero-order chi connectivity index (χ0) is 13.8. The molecule has 3 nitrogen and oxygen atoms in total. The predicted molar refractivity (Wildman–Crippen MR) is 77.2 cm³/mol. The fourth-order valence-electron chi connectivity index (χ4n) is 3.03. The van der Waals surface area contributed by atoms with Crippen molar-refractivity contribution in [2.75, 3.05) is 0 Å². The zero-order valence-corrected chi connectivity index (χ0v) is 13.0. The minimum atomic E-state index is -0.435. The summed E-state index contributed by atoms with van der Waals surface area (Å²) in [5.74, 6) is 1.02. The maximum absolute atomic E-state index is 11.8. The topological polar surface area (TPSA) is 38.3 Å². The molecule has 0 bridgehead atoms. The van der Waals surface area contributed by atoms with Gasteiger partial charge in [-0.25, -0.2) is 4.79 Å². The van der Waals surface area contributed by atoms with Gasteiger partial charge in [0.2, 0.25) is 0 Å². The Balaban J connectivity index is 1.66. The number of hydrogen-bond acceptors (Lipinski definition) is 2. The van der Waals surface area contributed by atoms with Crippen LogP contribution in [0, 0.1) is 5.92 Å². The molecule has 1 saturated carbocycles. The second-order valence-corrected chi connectivity index (χ2v) is 7.23. The van der Waals surface area contributed by atoms with Crippen LogP contribution in [-0.4, -0.2) is 17.7 Å². The second kappa shape index (κ2) is 4.23. The van der Waals surface area contributed by atoms with E-state index < -0.39 is 5.60 Å². The van der Waals surface area contributed by atoms with Crippen LogP contribution >= 0.6 is 15.9 Å². The molecule has 0 radical (unpaired) electrons. The molecule has 2 aliphatic carbocycles. The summed E-state index contributed by atoms with van der Waals surface area (Å²) in [5, 5.41) is 3.00. The number of nitrogens with one attached hydrogen (secondary N) is 1. The summed E-state index contributed by atoms with van der Waals surface area (Å²) in [6.07, 6.45) is 0.741. The lowest BCUT2D eigenvalue weighted by Gasteiger charge is -2.20. The second-order valence-electron chi connectivity index (χ2n) is 6.37. The standard InChI is InChI=1S/C15H18BrNO2/c1-15(2,3)19-14(18)17-13-10-7-9-8(12(10)13)5-4-6-11(9)16/h4-6,10,12-13H,7H2,1-3H3,(H,17,18). The molecule has 2 aliphatic rings. The number of ether oxygens (including phenoxy) is 1. The van der Waals surface area contributed by atoms with Crippen molar-refractivity contribution in [3.63, 3.8) is 0 Å². The van der Waals surface area contributed by atoms with Crippen molar-refractivity contribution in [3.8, 4) is 0 Å². The minimum absolute atomic E-state index is 0.247. The van der Waals surface area contributed by atoms with E-state index >= 15 is 0 Å². The van der Waals surface area contributed by atoms with Crippen LogP contribution in [-0.2, 0) is 11.2 Å². The zero-order valence-electron chi connectivity index (χ0n) is 11.4. The first-order chi connectivity index (χ1) is 8.87. The van der Waals surface area contributed by atoms with Gasteiger partial charge in [0, 0.05) is 16.4 Å². The van der Waals surface area contributed by atoms with E-state index in [2.05, 4.69) is 39.4 Å². The fourth-order valence-corrected chi connectivity index (χ4v) is 3.57. The van der Waals surface area contributed by atoms with E-state index in [0.29, 0.717) is 11.8 Å². The Bertz CT molecular complexity index is 535. The lowest BCUT2D eigenvalue weighted by atomic mass is 10.1. The van der Waals surface area contributed by atoms with Gasteiger partial charge in [0.25, 0.3) is 0 Å². The Morgan fingerprint density at radius 3 is 2.84 bits per heavy atom. The normalized spacial score (nSPS) is 27.5. The minimum Gasteiger partial charge on any atom is -0.444 e. The highest BCUT2D eigenvalue weighted by atomic mass is 79.9. The van der Waals surface area contributed by atoms with Crippen LogP contribution in [0.15, 0.2) is 22.7 Å². The summed E-state index contributed by atoms with van der Waals surface area (Å²) in [5.41, 5.74) is 2.34. The molecule has 3 rings (SSSR count). The van der Waals surface area contributed by atoms with Gasteiger partial charge < -0.3 is 10.1 Å². The van der Waals surface area contributed by atoms with E-state index in [1.165, 1.54) is 15.6 Å². The Labute approximate surface area is 121 Å². The summed E-state index contributed by atoms with van der Waals surface area (Å²) in [4.78, 5) is 11.8. The third kappa shape index (κ3) is 2.38. The van der Waals surface area contributed by atoms with Crippen LogP contribution in [0.2, 0.25) is 0 Å². The highest BCUT2D eigenvalue weighted by Crippen LogP contribution is 2.57. The smallest absolute Gasteiger partial charge is 0.407 e. The van der Waals surface area contributed by atoms with E-state index in [9.17, 15) is 4.79 Å². The first-order valence-electron chi connectivity index (χ1n) is 6.63. The molecule has 0 saturated heterocycles. The molecule has 0 aromatic heterocycles. The molecule has 102 valence electrons. The molecule has 19 heavy (non-hydrogen) atoms. The van der Waals surface area contributed by atoms with Crippen LogP contribution in [0.3, 0.4) is 0 Å². The van der Waals surface area contributed by atoms with E-state index in [0.717, 1.165) is 6.42 Å². The van der Waals surface area contributed by atoms with Gasteiger partial charge in [-0.3, -0.25) is 0 Å². The molecule has 1 aromatic rings. The van der Waals surface area contributed by atoms with Gasteiger partial charge in [-0.15, -0.1) is 0 Å². The van der Waals surface area contributed by atoms with Crippen molar-refractivity contribution in [1.82, 2.24) is 5.32 Å². The molecule has 1 N–H and O–H groups in total. The lowest BCUT2D eigenvalue weighted by molar-refractivity contribution is 0.0520. The van der Waals surface area contributed by atoms with Gasteiger partial charge in [0.15, 0.2) is 0 Å². The molecule has 0 heterocycles. The van der Waals surface area contributed by atoms with Crippen molar-refractivity contribution in [3.05, 3.63) is 33.8 Å². The summed E-state index contributed by atoms with van der Waals surface area (Å²) in [6, 6.07) is 6.56. The number of amides is 1. The van der Waals surface area contributed by atoms with Crippen LogP contribution in [0.1, 0.15) is 37.8 Å². The van der Waals surface area contributed by atoms with Crippen molar-refractivity contribution < 1.29 is 9.53 Å². The van der Waals surface area contributed by atoms with Gasteiger partial charge in [-0.2, -0.15) is 0 Å². The number of carbonyl (C=O) groups is 1. The molecule has 1 aromatic carbocycles. The highest BCUT2D eigenvalue weighted by Gasteiger charge is 2.57. The molecule has 3 unspecified atom stereocenters. The van der Waals surface area contributed by atoms with Crippen LogP contribution in [0.5, 0.6) is 0 Å². The number of hydrogen-bond donors (Lipinski definition) is 1. The van der Waals surface area contributed by atoms with E-state index in [-0.39, 0.29) is 12.1 Å². The number of fused-ring (bicyclic) bond motifs is 3. The van der Waals surface area contributed by atoms with Crippen molar-refractivity contribution in [2.24, 2.45) is 5.92 Å². The lowest BCUT2D eigenvalue weighted by Crippen LogP contribution is -2.35. The molecular weight excluding hydrogens is 306 g/mol. The third-order valence-corrected chi connectivity index (χ3v) is 4.55. The fraction of sp³-hybridized carbons (Fsp3) is 0.533. The quantitative estimate of drug-likeness (QED) is 0.857. The molecule has 0 spiro atoms. The van der Waals surface area contributed by atoms with E-state index in [1.54, 1.807) is 0 Å². The van der Waals surface area contributed by atoms with Crippen LogP contribution in [0.4, 0.5) is 4.79 Å². The van der Waals surface area contributed by atoms with Crippen LogP contribution < -0.4 is 5.32 Å². The summed E-state index contributed by atoms with van der Waals surface area (Å²) in [7, 11) is 0. The average Bonchev–Trinajstić information content (AvgIpc) is 2.78. The van der Waals surface area contributed by atoms with Crippen molar-refractivity contribution in [2.45, 2.75) is 44.8 Å². The Morgan fingerprint density at radius 1 is 1.42 bits per heavy atom. The number of benzene rings is 1. The number of halogens is 1. The van der Waals surface area contributed by atoms with Gasteiger partial charge >= 0.3 is 6.09 Å². The molecule has 1 fully saturated rings. The van der Waals surface area contributed by atoms with Gasteiger partial charge in [-0.05, 0) is 50.3 Å². The first-order valence-corrected chi connectivity index (χ1v) is 7.43. The maximum Gasteiger partial charge on any atom is 0.407 e. The average molecular weight is 324 g/mol. The summed E-state index contributed by atoms with van der Waals surface area (Å²) >= 11 is 3.59. The molecule has 3 atom stereocenters. The Morgan fingerprint density at radius 2 is 2.16 bits per heavy atom. The van der Waals surface area contributed by atoms with Gasteiger partial charge in [-0.1, -0.05) is 28.1 Å². The molecule has 4 heteroatoms. The summed E-state index contributed by atoms with van der Waals surface area (Å²) < 4.78 is 6.49. The SMILES string of the molecule is CC(C)(C)OC(=O)NC1C2Cc3c(Br)cccc3C21. The molecule has 0 aliphatic heterocycles. The third-order valence-electron chi connectivity index (χ3n) is 3.81. The molecular formula is C15H18BrNO2. The molecule has 1 amide bonds. The maximum atomic E-state index is 11.8. The van der Waals surface area contributed by atoms with Crippen LogP contribution in [0.25, 0.3) is 0 Å². The van der Waals surface area contributed by atoms with Crippen molar-refractivity contribution >= 4 is 22.0 Å². The first kappa shape index (κ1) is 13.0. The largest absolute Gasteiger partial charge is 0.444 e. The summed E-state index contributed by atoms with van der Waals surface area (Å²) in [6.45, 7) is 5.65. The van der Waals surface area contributed by atoms with E-state index in [4.69, 9.17) is 4.74 Å². The number of carbonyl (C=O) groups excluding carboxylic acids is 1. The number of alkyl carbamates (subject to hydrolysis) is 1. The van der Waals surface area contributed by atoms with Gasteiger partial charge in [0.05, 0.1) is 0 Å². The number of rotatable bonds is 1. The Kier molecular flexibility index (Phi) is 2.89. The van der Waals surface area contributed by atoms with Gasteiger partial charge in [0.1, 0.15) is 5.60 Å². The van der Waals surface area contributed by atoms with E-state index in [1.807, 2.05) is 20.8 Å². The highest BCUT2D eigenvalue weighted by molar-refractivity contribution is 9.10. The Hall–Kier alpha value is -1.03. The van der Waals surface area contributed by atoms with Crippen molar-refractivity contribution in [1.29, 1.82) is 0 Å². The predicted octanol–water partition coefficient (Wildman–Crippen LogP) is 3.61.